The van der Waals surface area contributed by atoms with Gasteiger partial charge in [0.15, 0.2) is 0 Å². The lowest BCUT2D eigenvalue weighted by atomic mass is 9.93. The number of aromatic nitrogens is 1. The number of hydrogen-bond acceptors (Lipinski definition) is 2. The lowest BCUT2D eigenvalue weighted by molar-refractivity contribution is 0.669. The Morgan fingerprint density at radius 1 is 0.339 bits per heavy atom. The van der Waals surface area contributed by atoms with Crippen molar-refractivity contribution in [1.82, 2.24) is 4.57 Å². The van der Waals surface area contributed by atoms with E-state index in [9.17, 15) is 0 Å². The molecule has 0 radical (unpaired) electrons. The fourth-order valence-electron chi connectivity index (χ4n) is 9.21. The van der Waals surface area contributed by atoms with Gasteiger partial charge in [0.2, 0.25) is 0 Å². The van der Waals surface area contributed by atoms with Gasteiger partial charge in [-0.05, 0) is 129 Å². The molecule has 276 valence electrons. The third kappa shape index (κ3) is 5.44. The van der Waals surface area contributed by atoms with Crippen LogP contribution in [0.2, 0.25) is 0 Å². The van der Waals surface area contributed by atoms with Crippen molar-refractivity contribution in [2.75, 3.05) is 4.90 Å². The van der Waals surface area contributed by atoms with Crippen molar-refractivity contribution in [3.63, 3.8) is 0 Å². The van der Waals surface area contributed by atoms with Gasteiger partial charge in [0, 0.05) is 44.3 Å². The van der Waals surface area contributed by atoms with Gasteiger partial charge in [-0.15, -0.1) is 0 Å². The van der Waals surface area contributed by atoms with E-state index in [0.717, 1.165) is 61.2 Å². The van der Waals surface area contributed by atoms with E-state index in [1.54, 1.807) is 0 Å². The summed E-state index contributed by atoms with van der Waals surface area (Å²) >= 11 is 0. The minimum Gasteiger partial charge on any atom is -0.456 e. The van der Waals surface area contributed by atoms with Crippen molar-refractivity contribution in [2.45, 2.75) is 0 Å². The van der Waals surface area contributed by atoms with E-state index in [0.29, 0.717) is 0 Å². The van der Waals surface area contributed by atoms with Crippen LogP contribution in [0, 0.1) is 0 Å². The smallest absolute Gasteiger partial charge is 0.136 e. The lowest BCUT2D eigenvalue weighted by Gasteiger charge is -2.26. The van der Waals surface area contributed by atoms with Gasteiger partial charge in [0.25, 0.3) is 0 Å². The molecule has 0 atom stereocenters. The van der Waals surface area contributed by atoms with E-state index in [2.05, 4.69) is 228 Å². The molecule has 0 saturated heterocycles. The molecule has 12 rings (SSSR count). The molecular weight excluding hydrogens is 717 g/mol. The van der Waals surface area contributed by atoms with Gasteiger partial charge in [0.05, 0.1) is 11.0 Å². The highest BCUT2D eigenvalue weighted by molar-refractivity contribution is 6.23. The molecule has 0 saturated carbocycles. The number of nitrogens with zero attached hydrogens (tertiary/aromatic N) is 2. The molecule has 0 aliphatic heterocycles. The molecule has 0 spiro atoms. The number of benzene rings is 10. The Hall–Kier alpha value is -7.88. The molecule has 2 heterocycles. The van der Waals surface area contributed by atoms with Crippen LogP contribution in [0.1, 0.15) is 0 Å². The number of furan rings is 1. The molecule has 0 unspecified atom stereocenters. The van der Waals surface area contributed by atoms with E-state index in [1.807, 2.05) is 0 Å². The Morgan fingerprint density at radius 2 is 0.983 bits per heavy atom. The maximum Gasteiger partial charge on any atom is 0.136 e. The lowest BCUT2D eigenvalue weighted by Crippen LogP contribution is -2.09. The van der Waals surface area contributed by atoms with E-state index in [1.165, 1.54) is 49.1 Å². The number of para-hydroxylation sites is 4. The van der Waals surface area contributed by atoms with Crippen LogP contribution in [0.4, 0.5) is 17.1 Å². The highest BCUT2D eigenvalue weighted by Crippen LogP contribution is 2.45. The van der Waals surface area contributed by atoms with Crippen molar-refractivity contribution in [2.24, 2.45) is 0 Å². The van der Waals surface area contributed by atoms with Crippen LogP contribution in [0.5, 0.6) is 0 Å². The van der Waals surface area contributed by atoms with E-state index >= 15 is 0 Å². The molecule has 59 heavy (non-hydrogen) atoms. The third-order valence-corrected chi connectivity index (χ3v) is 11.9. The minimum absolute atomic E-state index is 0.879. The summed E-state index contributed by atoms with van der Waals surface area (Å²) in [4.78, 5) is 2.37. The Morgan fingerprint density at radius 3 is 1.83 bits per heavy atom. The molecule has 3 nitrogen and oxygen atoms in total. The summed E-state index contributed by atoms with van der Waals surface area (Å²) in [6, 6.07) is 78.7. The van der Waals surface area contributed by atoms with Gasteiger partial charge in [-0.2, -0.15) is 0 Å². The summed E-state index contributed by atoms with van der Waals surface area (Å²) in [5, 5.41) is 9.43. The Balaban J connectivity index is 1.07. The molecular formula is C56H36N2O. The predicted molar refractivity (Wildman–Crippen MR) is 249 cm³/mol. The summed E-state index contributed by atoms with van der Waals surface area (Å²) < 4.78 is 9.05. The molecule has 0 N–H and O–H groups in total. The zero-order valence-corrected chi connectivity index (χ0v) is 32.1. The van der Waals surface area contributed by atoms with Crippen molar-refractivity contribution in [3.8, 4) is 27.9 Å². The van der Waals surface area contributed by atoms with Crippen LogP contribution in [-0.2, 0) is 0 Å². The fourth-order valence-corrected chi connectivity index (χ4v) is 9.21. The quantitative estimate of drug-likeness (QED) is 0.169. The van der Waals surface area contributed by atoms with Gasteiger partial charge in [-0.3, -0.25) is 0 Å². The molecule has 0 aliphatic carbocycles. The van der Waals surface area contributed by atoms with Crippen molar-refractivity contribution in [3.05, 3.63) is 218 Å². The van der Waals surface area contributed by atoms with Gasteiger partial charge in [0.1, 0.15) is 11.2 Å². The van der Waals surface area contributed by atoms with Crippen LogP contribution in [0.25, 0.3) is 93.2 Å². The average Bonchev–Trinajstić information content (AvgIpc) is 3.85. The predicted octanol–water partition coefficient (Wildman–Crippen LogP) is 15.8. The van der Waals surface area contributed by atoms with Crippen LogP contribution < -0.4 is 4.90 Å². The first kappa shape index (κ1) is 33.3. The SMILES string of the molecule is c1ccc(-c2ccc3cc(N(c4ccccc4)c4ccc5c(-c6ccc7c(c6)c6ccccc6n7-c6ccccc6)cc6oc7ccccc7c6c5c4)ccc3c2)cc1. The summed E-state index contributed by atoms with van der Waals surface area (Å²) in [6.07, 6.45) is 0. The third-order valence-electron chi connectivity index (χ3n) is 11.9. The topological polar surface area (TPSA) is 21.3 Å². The van der Waals surface area contributed by atoms with Crippen LogP contribution >= 0.6 is 0 Å². The number of hydrogen-bond donors (Lipinski definition) is 0. The second-order valence-corrected chi connectivity index (χ2v) is 15.3. The molecule has 3 heteroatoms. The number of fused-ring (bicyclic) bond motifs is 9. The Labute approximate surface area is 341 Å². The van der Waals surface area contributed by atoms with Crippen LogP contribution in [0.3, 0.4) is 0 Å². The van der Waals surface area contributed by atoms with Crippen molar-refractivity contribution < 1.29 is 4.42 Å². The molecule has 2 aromatic heterocycles. The number of rotatable bonds is 6. The Bertz CT molecular complexity index is 3550. The van der Waals surface area contributed by atoms with Crippen molar-refractivity contribution in [1.29, 1.82) is 0 Å². The summed E-state index contributed by atoms with van der Waals surface area (Å²) in [5.74, 6) is 0. The maximum atomic E-state index is 6.68. The average molecular weight is 753 g/mol. The van der Waals surface area contributed by atoms with E-state index < -0.39 is 0 Å². The molecule has 0 fully saturated rings. The largest absolute Gasteiger partial charge is 0.456 e. The van der Waals surface area contributed by atoms with Crippen molar-refractivity contribution >= 4 is 82.4 Å². The highest BCUT2D eigenvalue weighted by atomic mass is 16.3. The van der Waals surface area contributed by atoms with Gasteiger partial charge >= 0.3 is 0 Å². The number of anilines is 3. The zero-order chi connectivity index (χ0) is 38.9. The normalized spacial score (nSPS) is 11.7. The van der Waals surface area contributed by atoms with Gasteiger partial charge < -0.3 is 13.9 Å². The fraction of sp³-hybridized carbons (Fsp3) is 0. The summed E-state index contributed by atoms with van der Waals surface area (Å²) in [5.41, 5.74) is 13.3. The molecule has 10 aromatic carbocycles. The molecule has 0 bridgehead atoms. The zero-order valence-electron chi connectivity index (χ0n) is 32.1. The standard InChI is InChI=1S/C56H36N2O/c1-4-14-37(15-5-1)38-24-25-40-33-44(28-26-39(40)32-38)57(42-16-6-2-7-17-42)45-29-30-46-49(36-55-56(51(46)35-45)48-21-11-13-23-54(48)59-55)41-27-31-53-50(34-41)47-20-10-12-22-52(47)58(53)43-18-8-3-9-19-43/h1-36H. The minimum atomic E-state index is 0.879. The van der Waals surface area contributed by atoms with E-state index in [4.69, 9.17) is 4.42 Å². The van der Waals surface area contributed by atoms with E-state index in [-0.39, 0.29) is 0 Å². The summed E-state index contributed by atoms with van der Waals surface area (Å²) in [6.45, 7) is 0. The summed E-state index contributed by atoms with van der Waals surface area (Å²) in [7, 11) is 0. The van der Waals surface area contributed by atoms with Gasteiger partial charge in [-0.25, -0.2) is 0 Å². The second kappa shape index (κ2) is 13.4. The van der Waals surface area contributed by atoms with Crippen LogP contribution in [0.15, 0.2) is 223 Å². The Kier molecular flexibility index (Phi) is 7.54. The maximum absolute atomic E-state index is 6.68. The first-order valence-corrected chi connectivity index (χ1v) is 20.2. The molecule has 12 aromatic rings. The highest BCUT2D eigenvalue weighted by Gasteiger charge is 2.20. The second-order valence-electron chi connectivity index (χ2n) is 15.3. The molecule has 0 aliphatic rings. The first-order chi connectivity index (χ1) is 29.2. The van der Waals surface area contributed by atoms with Gasteiger partial charge in [-0.1, -0.05) is 133 Å². The monoisotopic (exact) mass is 752 g/mol. The first-order valence-electron chi connectivity index (χ1n) is 20.2. The van der Waals surface area contributed by atoms with Crippen LogP contribution in [-0.4, -0.2) is 4.57 Å². The molecule has 0 amide bonds.